The summed E-state index contributed by atoms with van der Waals surface area (Å²) < 4.78 is 7.75. The molecule has 2 aromatic heterocycles. The van der Waals surface area contributed by atoms with Gasteiger partial charge in [-0.15, -0.1) is 0 Å². The molecule has 0 saturated carbocycles. The minimum atomic E-state index is -0.0342. The Kier molecular flexibility index (Phi) is 6.16. The van der Waals surface area contributed by atoms with Crippen LogP contribution in [0, 0.1) is 20.8 Å². The van der Waals surface area contributed by atoms with Crippen molar-refractivity contribution in [2.45, 2.75) is 33.7 Å². The molecular formula is C28H31N5O2. The van der Waals surface area contributed by atoms with Crippen LogP contribution in [-0.2, 0) is 4.79 Å². The van der Waals surface area contributed by atoms with E-state index in [1.807, 2.05) is 59.8 Å². The largest absolute Gasteiger partial charge is 0.467 e. The maximum Gasteiger partial charge on any atom is 0.260 e. The molecule has 0 radical (unpaired) electrons. The molecule has 0 spiro atoms. The second kappa shape index (κ2) is 9.41. The topological polar surface area (TPSA) is 63.5 Å². The fraction of sp³-hybridized carbons (Fsp3) is 0.321. The second-order valence-electron chi connectivity index (χ2n) is 9.32. The molecule has 3 heterocycles. The number of benzene rings is 2. The molecule has 7 heteroatoms. The van der Waals surface area contributed by atoms with Gasteiger partial charge >= 0.3 is 0 Å². The van der Waals surface area contributed by atoms with Gasteiger partial charge in [-0.3, -0.25) is 4.79 Å². The van der Waals surface area contributed by atoms with Gasteiger partial charge in [0.2, 0.25) is 5.88 Å². The van der Waals surface area contributed by atoms with E-state index in [-0.39, 0.29) is 18.6 Å². The molecule has 1 saturated heterocycles. The average molecular weight is 470 g/mol. The summed E-state index contributed by atoms with van der Waals surface area (Å²) in [4.78, 5) is 22.0. The number of rotatable bonds is 5. The SMILES string of the molecule is Cc1cccc(N2CCN(C(=O)COc3cc(C)c4c(C)nn(-c5ccccc5)c4n3)C[C@H]2C)c1. The number of nitrogens with zero attached hydrogens (tertiary/aromatic N) is 5. The number of para-hydroxylation sites is 1. The number of ether oxygens (including phenoxy) is 1. The van der Waals surface area contributed by atoms with Crippen molar-refractivity contribution in [2.75, 3.05) is 31.1 Å². The molecule has 0 N–H and O–H groups in total. The van der Waals surface area contributed by atoms with E-state index in [0.29, 0.717) is 19.0 Å². The van der Waals surface area contributed by atoms with E-state index in [2.05, 4.69) is 43.0 Å². The third-order valence-electron chi connectivity index (χ3n) is 6.64. The van der Waals surface area contributed by atoms with E-state index in [1.54, 1.807) is 0 Å². The van der Waals surface area contributed by atoms with Gasteiger partial charge in [0.25, 0.3) is 5.91 Å². The average Bonchev–Trinajstić information content (AvgIpc) is 3.19. The first-order chi connectivity index (χ1) is 16.9. The molecule has 7 nitrogen and oxygen atoms in total. The van der Waals surface area contributed by atoms with Crippen molar-refractivity contribution in [2.24, 2.45) is 0 Å². The number of carbonyl (C=O) groups excluding carboxylic acids is 1. The molecule has 1 aliphatic rings. The van der Waals surface area contributed by atoms with Crippen molar-refractivity contribution >= 4 is 22.6 Å². The van der Waals surface area contributed by atoms with Crippen LogP contribution in [0.2, 0.25) is 0 Å². The maximum absolute atomic E-state index is 13.0. The number of carbonyl (C=O) groups is 1. The Morgan fingerprint density at radius 3 is 2.51 bits per heavy atom. The monoisotopic (exact) mass is 469 g/mol. The molecule has 180 valence electrons. The van der Waals surface area contributed by atoms with Gasteiger partial charge in [0.05, 0.1) is 11.4 Å². The molecule has 1 atom stereocenters. The fourth-order valence-electron chi connectivity index (χ4n) is 4.90. The summed E-state index contributed by atoms with van der Waals surface area (Å²) in [6, 6.07) is 20.6. The summed E-state index contributed by atoms with van der Waals surface area (Å²) in [6.45, 7) is 10.4. The number of hydrogen-bond donors (Lipinski definition) is 0. The van der Waals surface area contributed by atoms with Gasteiger partial charge in [-0.25, -0.2) is 4.68 Å². The number of aryl methyl sites for hydroxylation is 3. The number of pyridine rings is 1. The van der Waals surface area contributed by atoms with E-state index >= 15 is 0 Å². The van der Waals surface area contributed by atoms with Crippen molar-refractivity contribution in [1.82, 2.24) is 19.7 Å². The van der Waals surface area contributed by atoms with E-state index in [9.17, 15) is 4.79 Å². The lowest BCUT2D eigenvalue weighted by atomic mass is 10.1. The van der Waals surface area contributed by atoms with Gasteiger partial charge < -0.3 is 14.5 Å². The minimum absolute atomic E-state index is 0.0203. The lowest BCUT2D eigenvalue weighted by molar-refractivity contribution is -0.134. The zero-order valence-electron chi connectivity index (χ0n) is 20.7. The number of fused-ring (bicyclic) bond motifs is 1. The van der Waals surface area contributed by atoms with E-state index in [1.165, 1.54) is 11.3 Å². The predicted molar refractivity (Wildman–Crippen MR) is 138 cm³/mol. The number of amides is 1. The quantitative estimate of drug-likeness (QED) is 0.432. The Morgan fingerprint density at radius 1 is 1.00 bits per heavy atom. The highest BCUT2D eigenvalue weighted by molar-refractivity contribution is 5.84. The van der Waals surface area contributed by atoms with Crippen LogP contribution in [0.25, 0.3) is 16.7 Å². The summed E-state index contributed by atoms with van der Waals surface area (Å²) in [6.07, 6.45) is 0. The highest BCUT2D eigenvalue weighted by Crippen LogP contribution is 2.27. The van der Waals surface area contributed by atoms with E-state index in [0.717, 1.165) is 34.5 Å². The molecule has 35 heavy (non-hydrogen) atoms. The Bertz CT molecular complexity index is 1360. The lowest BCUT2D eigenvalue weighted by Crippen LogP contribution is -2.54. The highest BCUT2D eigenvalue weighted by Gasteiger charge is 2.27. The Morgan fingerprint density at radius 2 is 1.77 bits per heavy atom. The van der Waals surface area contributed by atoms with Gasteiger partial charge in [0, 0.05) is 42.8 Å². The molecule has 1 aliphatic heterocycles. The second-order valence-corrected chi connectivity index (χ2v) is 9.32. The maximum atomic E-state index is 13.0. The van der Waals surface area contributed by atoms with Crippen molar-refractivity contribution in [3.05, 3.63) is 77.5 Å². The Labute approximate surface area is 205 Å². The number of hydrogen-bond acceptors (Lipinski definition) is 5. The molecule has 0 unspecified atom stereocenters. The van der Waals surface area contributed by atoms with Crippen molar-refractivity contribution < 1.29 is 9.53 Å². The highest BCUT2D eigenvalue weighted by atomic mass is 16.5. The van der Waals surface area contributed by atoms with Gasteiger partial charge in [-0.2, -0.15) is 10.1 Å². The van der Waals surface area contributed by atoms with Gasteiger partial charge in [-0.1, -0.05) is 30.3 Å². The lowest BCUT2D eigenvalue weighted by Gasteiger charge is -2.41. The third-order valence-corrected chi connectivity index (χ3v) is 6.64. The number of piperazine rings is 1. The van der Waals surface area contributed by atoms with Crippen LogP contribution in [0.1, 0.15) is 23.7 Å². The summed E-state index contributed by atoms with van der Waals surface area (Å²) in [5.74, 6) is 0.417. The van der Waals surface area contributed by atoms with Gasteiger partial charge in [-0.05, 0) is 63.1 Å². The van der Waals surface area contributed by atoms with Crippen LogP contribution < -0.4 is 9.64 Å². The molecule has 5 rings (SSSR count). The van der Waals surface area contributed by atoms with Gasteiger partial charge in [0.1, 0.15) is 0 Å². The van der Waals surface area contributed by atoms with Gasteiger partial charge in [0.15, 0.2) is 12.3 Å². The molecular weight excluding hydrogens is 438 g/mol. The summed E-state index contributed by atoms with van der Waals surface area (Å²) in [7, 11) is 0. The van der Waals surface area contributed by atoms with Crippen LogP contribution in [0.5, 0.6) is 5.88 Å². The molecule has 0 bridgehead atoms. The smallest absolute Gasteiger partial charge is 0.260 e. The standard InChI is InChI=1S/C28H31N5O2/c1-19-9-8-12-24(15-19)32-14-13-31(17-21(32)3)26(34)18-35-25-16-20(2)27-22(4)30-33(28(27)29-25)23-10-6-5-7-11-23/h5-12,15-16,21H,13-14,17-18H2,1-4H3/t21-/m1/s1. The first-order valence-electron chi connectivity index (χ1n) is 12.1. The summed E-state index contributed by atoms with van der Waals surface area (Å²) in [5.41, 5.74) is 6.06. The fourth-order valence-corrected chi connectivity index (χ4v) is 4.90. The van der Waals surface area contributed by atoms with Crippen LogP contribution in [0.15, 0.2) is 60.7 Å². The van der Waals surface area contributed by atoms with Crippen LogP contribution in [0.4, 0.5) is 5.69 Å². The normalized spacial score (nSPS) is 16.1. The molecule has 0 aliphatic carbocycles. The zero-order valence-corrected chi connectivity index (χ0v) is 20.7. The van der Waals surface area contributed by atoms with E-state index in [4.69, 9.17) is 14.8 Å². The van der Waals surface area contributed by atoms with Crippen molar-refractivity contribution in [3.63, 3.8) is 0 Å². The third kappa shape index (κ3) is 4.58. The Balaban J connectivity index is 1.29. The summed E-state index contributed by atoms with van der Waals surface area (Å²) in [5, 5.41) is 5.70. The molecule has 4 aromatic rings. The number of aromatic nitrogens is 3. The number of anilines is 1. The molecule has 1 amide bonds. The van der Waals surface area contributed by atoms with Crippen LogP contribution >= 0.6 is 0 Å². The summed E-state index contributed by atoms with van der Waals surface area (Å²) >= 11 is 0. The van der Waals surface area contributed by atoms with E-state index < -0.39 is 0 Å². The Hall–Kier alpha value is -3.87. The zero-order chi connectivity index (χ0) is 24.5. The molecule has 2 aromatic carbocycles. The minimum Gasteiger partial charge on any atom is -0.467 e. The van der Waals surface area contributed by atoms with Crippen LogP contribution in [-0.4, -0.2) is 57.9 Å². The first-order valence-corrected chi connectivity index (χ1v) is 12.1. The first kappa shape index (κ1) is 22.9. The van der Waals surface area contributed by atoms with Crippen LogP contribution in [0.3, 0.4) is 0 Å². The van der Waals surface area contributed by atoms with Crippen molar-refractivity contribution in [1.29, 1.82) is 0 Å². The molecule has 1 fully saturated rings. The van der Waals surface area contributed by atoms with Crippen molar-refractivity contribution in [3.8, 4) is 11.6 Å². The predicted octanol–water partition coefficient (Wildman–Crippen LogP) is 4.46.